The molecule has 4 aromatic rings. The van der Waals surface area contributed by atoms with Crippen molar-refractivity contribution < 1.29 is 34.4 Å². The zero-order valence-electron chi connectivity index (χ0n) is 29.6. The van der Waals surface area contributed by atoms with Gasteiger partial charge in [0.1, 0.15) is 5.75 Å². The molecule has 1 aliphatic rings. The maximum atomic E-state index is 12.5. The van der Waals surface area contributed by atoms with E-state index in [0.717, 1.165) is 28.7 Å². The van der Waals surface area contributed by atoms with E-state index in [0.29, 0.717) is 68.7 Å². The van der Waals surface area contributed by atoms with Gasteiger partial charge in [-0.2, -0.15) is 0 Å². The molecule has 5 rings (SSSR count). The number of amides is 2. The van der Waals surface area contributed by atoms with Gasteiger partial charge in [0.25, 0.3) is 0 Å². The number of aliphatic hydroxyl groups is 2. The first-order chi connectivity index (χ1) is 25.2. The standard InChI is InChI=1S/C41H50N4O7/c1-45(26-37(48)32-8-7-9-33(47)22-32)25-34-23-38(30-18-16-29(27-46)17-19-30)52-41(51-34)31-20-14-28(15-21-31)24-43-39(49)12-3-2-4-13-40(50)44-36-11-6-5-10-35(36)42/h5-11,14-22,34,37-38,41,46-48H,2-4,12-13,23-27,42H2,1H3,(H,43,49)(H,44,50)/t34-,37+,38+,41+/m0/s1. The van der Waals surface area contributed by atoms with Gasteiger partial charge in [0.15, 0.2) is 6.29 Å². The zero-order valence-corrected chi connectivity index (χ0v) is 29.6. The molecular formula is C41H50N4O7. The second kappa shape index (κ2) is 19.2. The van der Waals surface area contributed by atoms with E-state index in [-0.39, 0.29) is 36.4 Å². The second-order valence-electron chi connectivity index (χ2n) is 13.4. The van der Waals surface area contributed by atoms with Crippen LogP contribution < -0.4 is 16.4 Å². The molecule has 11 heteroatoms. The van der Waals surface area contributed by atoms with Crippen LogP contribution in [0.5, 0.6) is 5.75 Å². The van der Waals surface area contributed by atoms with Crippen LogP contribution in [0.2, 0.25) is 0 Å². The van der Waals surface area contributed by atoms with Gasteiger partial charge >= 0.3 is 0 Å². The van der Waals surface area contributed by atoms with Crippen molar-refractivity contribution in [2.75, 3.05) is 31.2 Å². The number of aliphatic hydroxyl groups excluding tert-OH is 2. The van der Waals surface area contributed by atoms with Crippen LogP contribution in [0.25, 0.3) is 0 Å². The number of nitrogens with one attached hydrogen (secondary N) is 2. The summed E-state index contributed by atoms with van der Waals surface area (Å²) in [7, 11) is 1.93. The molecule has 1 fully saturated rings. The lowest BCUT2D eigenvalue weighted by Gasteiger charge is -2.38. The Morgan fingerprint density at radius 3 is 2.27 bits per heavy atom. The third-order valence-electron chi connectivity index (χ3n) is 9.15. The number of rotatable bonds is 17. The number of aromatic hydroxyl groups is 1. The Labute approximate surface area is 305 Å². The number of ether oxygens (including phenoxy) is 2. The number of phenolic OH excluding ortho intramolecular Hbond substituents is 1. The molecule has 4 aromatic carbocycles. The van der Waals surface area contributed by atoms with Gasteiger partial charge in [0, 0.05) is 44.5 Å². The van der Waals surface area contributed by atoms with Gasteiger partial charge in [-0.3, -0.25) is 9.59 Å². The van der Waals surface area contributed by atoms with Gasteiger partial charge in [0.05, 0.1) is 36.3 Å². The SMILES string of the molecule is CN(C[C@@H]1C[C@H](c2ccc(CO)cc2)O[C@H](c2ccc(CNC(=O)CCCCCC(=O)Nc3ccccc3N)cc2)O1)C[C@@H](O)c1cccc(O)c1. The molecule has 0 aromatic heterocycles. The minimum absolute atomic E-state index is 0.0362. The molecule has 1 saturated heterocycles. The van der Waals surface area contributed by atoms with Crippen LogP contribution in [0, 0.1) is 0 Å². The molecule has 4 atom stereocenters. The van der Waals surface area contributed by atoms with Crippen LogP contribution in [0.4, 0.5) is 11.4 Å². The number of unbranched alkanes of at least 4 members (excludes halogenated alkanes) is 2. The van der Waals surface area contributed by atoms with Gasteiger partial charge in [-0.1, -0.05) is 79.2 Å². The predicted molar refractivity (Wildman–Crippen MR) is 200 cm³/mol. The summed E-state index contributed by atoms with van der Waals surface area (Å²) < 4.78 is 13.0. The molecule has 1 aliphatic heterocycles. The first-order valence-electron chi connectivity index (χ1n) is 17.8. The summed E-state index contributed by atoms with van der Waals surface area (Å²) in [6.07, 6.45) is 1.62. The molecular weight excluding hydrogens is 660 g/mol. The molecule has 2 amide bonds. The van der Waals surface area contributed by atoms with Crippen molar-refractivity contribution in [1.29, 1.82) is 0 Å². The summed E-state index contributed by atoms with van der Waals surface area (Å²) in [5.41, 5.74) is 11.3. The molecule has 1 heterocycles. The first kappa shape index (κ1) is 38.5. The minimum Gasteiger partial charge on any atom is -0.508 e. The number of para-hydroxylation sites is 2. The van der Waals surface area contributed by atoms with Crippen molar-refractivity contribution in [1.82, 2.24) is 10.2 Å². The molecule has 0 spiro atoms. The number of carbonyl (C=O) groups excluding carboxylic acids is 2. The topological polar surface area (TPSA) is 167 Å². The number of nitrogens with zero attached hydrogens (tertiary/aromatic N) is 1. The molecule has 0 unspecified atom stereocenters. The van der Waals surface area contributed by atoms with E-state index in [9.17, 15) is 24.9 Å². The Hall–Kier alpha value is -4.78. The van der Waals surface area contributed by atoms with Gasteiger partial charge in [0.2, 0.25) is 11.8 Å². The number of benzene rings is 4. The van der Waals surface area contributed by atoms with Crippen LogP contribution in [0.3, 0.4) is 0 Å². The van der Waals surface area contributed by atoms with Gasteiger partial charge in [-0.15, -0.1) is 0 Å². The van der Waals surface area contributed by atoms with Crippen molar-refractivity contribution in [3.8, 4) is 5.75 Å². The van der Waals surface area contributed by atoms with Crippen LogP contribution >= 0.6 is 0 Å². The lowest BCUT2D eigenvalue weighted by molar-refractivity contribution is -0.252. The summed E-state index contributed by atoms with van der Waals surface area (Å²) in [6, 6.07) is 29.3. The third kappa shape index (κ3) is 11.6. The van der Waals surface area contributed by atoms with Crippen LogP contribution in [0.1, 0.15) is 84.8 Å². The highest BCUT2D eigenvalue weighted by atomic mass is 16.7. The number of hydrogen-bond donors (Lipinski definition) is 6. The van der Waals surface area contributed by atoms with E-state index in [1.807, 2.05) is 72.6 Å². The molecule has 0 saturated carbocycles. The van der Waals surface area contributed by atoms with Crippen molar-refractivity contribution in [2.24, 2.45) is 0 Å². The third-order valence-corrected chi connectivity index (χ3v) is 9.15. The molecule has 52 heavy (non-hydrogen) atoms. The summed E-state index contributed by atoms with van der Waals surface area (Å²) in [5.74, 6) is -0.0220. The lowest BCUT2D eigenvalue weighted by Crippen LogP contribution is -2.39. The Morgan fingerprint density at radius 1 is 0.865 bits per heavy atom. The Balaban J connectivity index is 1.10. The maximum absolute atomic E-state index is 12.5. The Bertz CT molecular complexity index is 1730. The fraction of sp³-hybridized carbons (Fsp3) is 0.366. The van der Waals surface area contributed by atoms with Gasteiger partial charge in [-0.25, -0.2) is 0 Å². The zero-order chi connectivity index (χ0) is 36.9. The fourth-order valence-corrected chi connectivity index (χ4v) is 6.24. The molecule has 276 valence electrons. The normalized spacial score (nSPS) is 17.8. The maximum Gasteiger partial charge on any atom is 0.224 e. The van der Waals surface area contributed by atoms with Crippen molar-refractivity contribution in [3.63, 3.8) is 0 Å². The predicted octanol–water partition coefficient (Wildman–Crippen LogP) is 5.88. The highest BCUT2D eigenvalue weighted by molar-refractivity contribution is 5.93. The van der Waals surface area contributed by atoms with E-state index < -0.39 is 12.4 Å². The van der Waals surface area contributed by atoms with Crippen molar-refractivity contribution >= 4 is 23.2 Å². The van der Waals surface area contributed by atoms with E-state index in [2.05, 4.69) is 10.6 Å². The van der Waals surface area contributed by atoms with Crippen LogP contribution in [-0.4, -0.2) is 58.3 Å². The molecule has 0 aliphatic carbocycles. The quantitative estimate of drug-likeness (QED) is 0.0579. The molecule has 0 bridgehead atoms. The highest BCUT2D eigenvalue weighted by Crippen LogP contribution is 2.38. The van der Waals surface area contributed by atoms with Crippen LogP contribution in [-0.2, 0) is 32.2 Å². The summed E-state index contributed by atoms with van der Waals surface area (Å²) >= 11 is 0. The van der Waals surface area contributed by atoms with Gasteiger partial charge in [-0.05, 0) is 66.4 Å². The number of nitrogen functional groups attached to an aromatic ring is 1. The average Bonchev–Trinajstić information content (AvgIpc) is 3.15. The number of phenols is 1. The van der Waals surface area contributed by atoms with E-state index in [1.165, 1.54) is 0 Å². The smallest absolute Gasteiger partial charge is 0.224 e. The monoisotopic (exact) mass is 710 g/mol. The first-order valence-corrected chi connectivity index (χ1v) is 17.8. The fourth-order valence-electron chi connectivity index (χ4n) is 6.24. The number of likely N-dealkylation sites (N-methyl/N-ethyl adjacent to an activating group) is 1. The van der Waals surface area contributed by atoms with Crippen molar-refractivity contribution in [2.45, 2.75) is 76.3 Å². The largest absolute Gasteiger partial charge is 0.508 e. The highest BCUT2D eigenvalue weighted by Gasteiger charge is 2.33. The lowest BCUT2D eigenvalue weighted by atomic mass is 9.99. The second-order valence-corrected chi connectivity index (χ2v) is 13.4. The number of hydrogen-bond acceptors (Lipinski definition) is 9. The van der Waals surface area contributed by atoms with E-state index >= 15 is 0 Å². The molecule has 0 radical (unpaired) electrons. The summed E-state index contributed by atoms with van der Waals surface area (Å²) in [4.78, 5) is 26.7. The minimum atomic E-state index is -0.776. The number of carbonyl (C=O) groups is 2. The Morgan fingerprint density at radius 2 is 1.56 bits per heavy atom. The Kier molecular flexibility index (Phi) is 14.2. The number of nitrogens with two attached hydrogens (primary N) is 1. The van der Waals surface area contributed by atoms with Crippen molar-refractivity contribution in [3.05, 3.63) is 125 Å². The molecule has 7 N–H and O–H groups in total. The van der Waals surface area contributed by atoms with Crippen LogP contribution in [0.15, 0.2) is 97.1 Å². The number of anilines is 2. The van der Waals surface area contributed by atoms with Gasteiger partial charge < -0.3 is 46.1 Å². The van der Waals surface area contributed by atoms with E-state index in [1.54, 1.807) is 36.4 Å². The average molecular weight is 711 g/mol. The van der Waals surface area contributed by atoms with E-state index in [4.69, 9.17) is 15.2 Å². The molecule has 11 nitrogen and oxygen atoms in total. The summed E-state index contributed by atoms with van der Waals surface area (Å²) in [5, 5.41) is 36.0. The summed E-state index contributed by atoms with van der Waals surface area (Å²) in [6.45, 7) is 1.25.